The monoisotopic (exact) mass is 400 g/mol. The Morgan fingerprint density at radius 2 is 2.12 bits per heavy atom. The molecule has 4 nitrogen and oxygen atoms in total. The van der Waals surface area contributed by atoms with Gasteiger partial charge in [-0.05, 0) is 42.2 Å². The second-order valence-corrected chi connectivity index (χ2v) is 7.63. The van der Waals surface area contributed by atoms with Crippen LogP contribution >= 0.6 is 34.7 Å². The van der Waals surface area contributed by atoms with E-state index >= 15 is 0 Å². The summed E-state index contributed by atoms with van der Waals surface area (Å²) in [6.07, 6.45) is 5.40. The van der Waals surface area contributed by atoms with Crippen molar-refractivity contribution in [3.63, 3.8) is 0 Å². The molecule has 1 aromatic carbocycles. The number of thiophene rings is 1. The van der Waals surface area contributed by atoms with E-state index in [0.717, 1.165) is 11.1 Å². The summed E-state index contributed by atoms with van der Waals surface area (Å²) in [5.41, 5.74) is 1.45. The number of hydrogen-bond acceptors (Lipinski definition) is 5. The Balaban J connectivity index is 1.75. The summed E-state index contributed by atoms with van der Waals surface area (Å²) < 4.78 is 5.40. The number of aromatic amines is 1. The maximum Gasteiger partial charge on any atom is 0.260 e. The molecule has 0 amide bonds. The fraction of sp³-hybridized carbons (Fsp3) is 0.0526. The Bertz CT molecular complexity index is 1140. The Hall–Kier alpha value is -2.28. The van der Waals surface area contributed by atoms with Gasteiger partial charge in [0.15, 0.2) is 5.82 Å². The van der Waals surface area contributed by atoms with Crippen LogP contribution in [0.4, 0.5) is 0 Å². The van der Waals surface area contributed by atoms with Crippen molar-refractivity contribution in [2.75, 3.05) is 6.26 Å². The summed E-state index contributed by atoms with van der Waals surface area (Å²) in [7, 11) is 0. The number of fused-ring (bicyclic) bond motifs is 1. The molecular weight excluding hydrogens is 388 g/mol. The molecule has 0 aliphatic heterocycles. The number of H-pyrrole nitrogens is 1. The molecule has 0 bridgehead atoms. The van der Waals surface area contributed by atoms with Gasteiger partial charge in [-0.1, -0.05) is 23.7 Å². The molecule has 0 unspecified atom stereocenters. The molecule has 0 fully saturated rings. The van der Waals surface area contributed by atoms with Gasteiger partial charge >= 0.3 is 0 Å². The predicted molar refractivity (Wildman–Crippen MR) is 110 cm³/mol. The van der Waals surface area contributed by atoms with Crippen LogP contribution in [-0.4, -0.2) is 16.2 Å². The van der Waals surface area contributed by atoms with Crippen molar-refractivity contribution in [3.8, 4) is 11.3 Å². The lowest BCUT2D eigenvalue weighted by Crippen LogP contribution is -2.10. The maximum atomic E-state index is 12.6. The zero-order valence-corrected chi connectivity index (χ0v) is 16.0. The lowest BCUT2D eigenvalue weighted by Gasteiger charge is -2.02. The van der Waals surface area contributed by atoms with Crippen molar-refractivity contribution in [1.29, 1.82) is 0 Å². The van der Waals surface area contributed by atoms with Crippen molar-refractivity contribution >= 4 is 56.0 Å². The first kappa shape index (κ1) is 17.1. The highest BCUT2D eigenvalue weighted by Crippen LogP contribution is 2.32. The van der Waals surface area contributed by atoms with Gasteiger partial charge in [0.1, 0.15) is 10.6 Å². The molecule has 7 heteroatoms. The molecular formula is C19H13ClN2O2S2. The van der Waals surface area contributed by atoms with Crippen LogP contribution in [-0.2, 0) is 0 Å². The Kier molecular flexibility index (Phi) is 4.72. The van der Waals surface area contributed by atoms with Crippen LogP contribution in [0.2, 0.25) is 0 Å². The third-order valence-corrected chi connectivity index (χ3v) is 5.77. The molecule has 130 valence electrons. The molecule has 0 saturated heterocycles. The van der Waals surface area contributed by atoms with Crippen LogP contribution in [0.15, 0.2) is 62.1 Å². The van der Waals surface area contributed by atoms with E-state index in [1.165, 1.54) is 16.2 Å². The average Bonchev–Trinajstić information content (AvgIpc) is 3.31. The van der Waals surface area contributed by atoms with Gasteiger partial charge in [0.2, 0.25) is 0 Å². The fourth-order valence-corrected chi connectivity index (χ4v) is 4.14. The number of rotatable bonds is 4. The lowest BCUT2D eigenvalue weighted by molar-refractivity contribution is 0.583. The van der Waals surface area contributed by atoms with Crippen LogP contribution in [0.3, 0.4) is 0 Å². The summed E-state index contributed by atoms with van der Waals surface area (Å²) in [6, 6.07) is 11.6. The minimum absolute atomic E-state index is 0.234. The van der Waals surface area contributed by atoms with E-state index in [1.54, 1.807) is 30.2 Å². The van der Waals surface area contributed by atoms with Gasteiger partial charge in [-0.25, -0.2) is 4.98 Å². The number of hydrogen-bond donors (Lipinski definition) is 1. The molecule has 0 aliphatic rings. The molecule has 0 atom stereocenters. The van der Waals surface area contributed by atoms with Crippen molar-refractivity contribution in [1.82, 2.24) is 9.97 Å². The first-order valence-corrected chi connectivity index (χ1v) is 10.2. The van der Waals surface area contributed by atoms with E-state index < -0.39 is 0 Å². The minimum Gasteiger partial charge on any atom is -0.464 e. The smallest absolute Gasteiger partial charge is 0.260 e. The standard InChI is InChI=1S/C19H13ClN2O2S2/c1-25-12-6-4-11(5-7-12)9-14(20)17-21-18(23)16-13(10-26-19(16)22-17)15-3-2-8-24-15/h2-10H,1H3,(H,21,22,23)/b14-9-. The molecule has 0 radical (unpaired) electrons. The molecule has 4 aromatic rings. The van der Waals surface area contributed by atoms with E-state index in [2.05, 4.69) is 9.97 Å². The molecule has 3 heterocycles. The first-order valence-electron chi connectivity index (χ1n) is 7.73. The number of nitrogens with one attached hydrogen (secondary N) is 1. The third kappa shape index (κ3) is 3.23. The second kappa shape index (κ2) is 7.15. The number of nitrogens with zero attached hydrogens (tertiary/aromatic N) is 1. The Morgan fingerprint density at radius 3 is 2.81 bits per heavy atom. The molecule has 0 spiro atoms. The van der Waals surface area contributed by atoms with Crippen LogP contribution in [0, 0.1) is 0 Å². The molecule has 4 rings (SSSR count). The number of furan rings is 1. The SMILES string of the molecule is CSc1ccc(/C=C(\Cl)c2nc3scc(-c4ccco4)c3c(=O)[nH]2)cc1. The van der Waals surface area contributed by atoms with Gasteiger partial charge in [0.25, 0.3) is 5.56 Å². The van der Waals surface area contributed by atoms with Crippen LogP contribution in [0.25, 0.3) is 32.6 Å². The molecule has 3 aromatic heterocycles. The molecule has 26 heavy (non-hydrogen) atoms. The van der Waals surface area contributed by atoms with Gasteiger partial charge < -0.3 is 9.40 Å². The van der Waals surface area contributed by atoms with E-state index in [9.17, 15) is 4.79 Å². The van der Waals surface area contributed by atoms with Gasteiger partial charge in [0, 0.05) is 15.8 Å². The highest BCUT2D eigenvalue weighted by molar-refractivity contribution is 7.98. The van der Waals surface area contributed by atoms with Crippen LogP contribution in [0.5, 0.6) is 0 Å². The van der Waals surface area contributed by atoms with Gasteiger partial charge in [-0.15, -0.1) is 23.1 Å². The quantitative estimate of drug-likeness (QED) is 0.446. The largest absolute Gasteiger partial charge is 0.464 e. The number of aromatic nitrogens is 2. The summed E-state index contributed by atoms with van der Waals surface area (Å²) in [5.74, 6) is 0.998. The topological polar surface area (TPSA) is 58.9 Å². The average molecular weight is 401 g/mol. The van der Waals surface area contributed by atoms with Crippen molar-refractivity contribution in [3.05, 3.63) is 69.8 Å². The lowest BCUT2D eigenvalue weighted by atomic mass is 10.2. The highest BCUT2D eigenvalue weighted by atomic mass is 35.5. The van der Waals surface area contributed by atoms with Crippen molar-refractivity contribution < 1.29 is 4.42 Å². The zero-order valence-electron chi connectivity index (χ0n) is 13.7. The van der Waals surface area contributed by atoms with E-state index in [4.69, 9.17) is 16.0 Å². The minimum atomic E-state index is -0.234. The number of halogens is 1. The van der Waals surface area contributed by atoms with Crippen LogP contribution in [0.1, 0.15) is 11.4 Å². The maximum absolute atomic E-state index is 12.6. The summed E-state index contributed by atoms with van der Waals surface area (Å²) >= 11 is 9.47. The summed E-state index contributed by atoms with van der Waals surface area (Å²) in [4.78, 5) is 21.7. The van der Waals surface area contributed by atoms with Gasteiger partial charge in [-0.3, -0.25) is 4.79 Å². The normalized spacial score (nSPS) is 12.0. The van der Waals surface area contributed by atoms with Crippen molar-refractivity contribution in [2.45, 2.75) is 4.90 Å². The van der Waals surface area contributed by atoms with E-state index in [0.29, 0.717) is 26.8 Å². The third-order valence-electron chi connectivity index (χ3n) is 3.87. The van der Waals surface area contributed by atoms with Gasteiger partial charge in [0.05, 0.1) is 16.7 Å². The Labute approximate surface area is 162 Å². The molecule has 0 aliphatic carbocycles. The number of thioether (sulfide) groups is 1. The Morgan fingerprint density at radius 1 is 1.31 bits per heavy atom. The van der Waals surface area contributed by atoms with Crippen LogP contribution < -0.4 is 5.56 Å². The first-order chi connectivity index (χ1) is 12.7. The van der Waals surface area contributed by atoms with E-state index in [-0.39, 0.29) is 5.56 Å². The predicted octanol–water partition coefficient (Wildman–Crippen LogP) is 5.70. The summed E-state index contributed by atoms with van der Waals surface area (Å²) in [5, 5.41) is 2.77. The number of benzene rings is 1. The zero-order chi connectivity index (χ0) is 18.1. The molecule has 1 N–H and O–H groups in total. The fourth-order valence-electron chi connectivity index (χ4n) is 2.59. The second-order valence-electron chi connectivity index (χ2n) is 5.49. The molecule has 0 saturated carbocycles. The van der Waals surface area contributed by atoms with Gasteiger partial charge in [-0.2, -0.15) is 0 Å². The van der Waals surface area contributed by atoms with E-state index in [1.807, 2.05) is 42.0 Å². The van der Waals surface area contributed by atoms with Crippen molar-refractivity contribution in [2.24, 2.45) is 0 Å². The highest BCUT2D eigenvalue weighted by Gasteiger charge is 2.15. The summed E-state index contributed by atoms with van der Waals surface area (Å²) in [6.45, 7) is 0.